The van der Waals surface area contributed by atoms with Crippen LogP contribution in [0.25, 0.3) is 0 Å². The van der Waals surface area contributed by atoms with E-state index < -0.39 is 0 Å². The van der Waals surface area contributed by atoms with E-state index in [0.29, 0.717) is 0 Å². The van der Waals surface area contributed by atoms with Gasteiger partial charge in [0.15, 0.2) is 5.11 Å². The number of nitrogens with one attached hydrogen (secondary N) is 1. The van der Waals surface area contributed by atoms with E-state index in [0.717, 1.165) is 22.9 Å². The predicted octanol–water partition coefficient (Wildman–Crippen LogP) is 3.71. The molecule has 4 rings (SSSR count). The van der Waals surface area contributed by atoms with E-state index in [1.54, 1.807) is 17.5 Å². The molecule has 1 aliphatic rings. The number of rotatable bonds is 4. The van der Waals surface area contributed by atoms with Gasteiger partial charge in [0.2, 0.25) is 0 Å². The van der Waals surface area contributed by atoms with E-state index >= 15 is 0 Å². The van der Waals surface area contributed by atoms with Crippen molar-refractivity contribution >= 4 is 28.7 Å². The molecule has 0 bridgehead atoms. The minimum atomic E-state index is 0.0500. The van der Waals surface area contributed by atoms with E-state index in [1.165, 1.54) is 4.88 Å². The van der Waals surface area contributed by atoms with Crippen molar-refractivity contribution in [3.05, 3.63) is 82.6 Å². The lowest BCUT2D eigenvalue weighted by Crippen LogP contribution is -2.28. The van der Waals surface area contributed by atoms with Crippen LogP contribution in [0, 0.1) is 0 Å². The van der Waals surface area contributed by atoms with Gasteiger partial charge in [0.25, 0.3) is 0 Å². The molecule has 6 heteroatoms. The minimum Gasteiger partial charge on any atom is -0.352 e. The molecule has 3 aromatic rings. The Morgan fingerprint density at radius 3 is 2.79 bits per heavy atom. The van der Waals surface area contributed by atoms with E-state index in [9.17, 15) is 0 Å². The molecule has 0 aromatic carbocycles. The number of aromatic nitrogens is 2. The highest BCUT2D eigenvalue weighted by atomic mass is 32.1. The largest absolute Gasteiger partial charge is 0.352 e. The molecule has 3 aromatic heterocycles. The van der Waals surface area contributed by atoms with Crippen LogP contribution in [0.15, 0.2) is 66.4 Å². The van der Waals surface area contributed by atoms with Crippen LogP contribution in [0.1, 0.15) is 28.2 Å². The molecular formula is C18H16N4S2. The zero-order valence-electron chi connectivity index (χ0n) is 12.9. The summed E-state index contributed by atoms with van der Waals surface area (Å²) < 4.78 is 0. The van der Waals surface area contributed by atoms with Gasteiger partial charge in [0.1, 0.15) is 0 Å². The van der Waals surface area contributed by atoms with E-state index in [2.05, 4.69) is 49.8 Å². The Morgan fingerprint density at radius 2 is 2.08 bits per heavy atom. The third kappa shape index (κ3) is 2.90. The van der Waals surface area contributed by atoms with Gasteiger partial charge < -0.3 is 10.2 Å². The van der Waals surface area contributed by atoms with Crippen molar-refractivity contribution in [1.29, 1.82) is 0 Å². The number of thiocarbonyl (C=S) groups is 1. The zero-order chi connectivity index (χ0) is 16.4. The van der Waals surface area contributed by atoms with Crippen molar-refractivity contribution in [3.8, 4) is 0 Å². The molecule has 1 saturated heterocycles. The van der Waals surface area contributed by atoms with Crippen molar-refractivity contribution in [3.63, 3.8) is 0 Å². The Labute approximate surface area is 150 Å². The summed E-state index contributed by atoms with van der Waals surface area (Å²) in [4.78, 5) is 12.3. The fourth-order valence-electron chi connectivity index (χ4n) is 3.03. The van der Waals surface area contributed by atoms with Gasteiger partial charge in [-0.05, 0) is 47.4 Å². The van der Waals surface area contributed by atoms with Gasteiger partial charge in [-0.2, -0.15) is 0 Å². The molecule has 2 atom stereocenters. The van der Waals surface area contributed by atoms with Gasteiger partial charge in [-0.1, -0.05) is 18.2 Å². The molecule has 0 aliphatic carbocycles. The highest BCUT2D eigenvalue weighted by molar-refractivity contribution is 7.80. The molecule has 0 spiro atoms. The second-order valence-electron chi connectivity index (χ2n) is 5.63. The third-order valence-corrected chi connectivity index (χ3v) is 5.40. The Hall–Kier alpha value is -2.31. The normalized spacial score (nSPS) is 20.2. The maximum absolute atomic E-state index is 5.64. The SMILES string of the molecule is S=C1N[C@H](c2ccccn2)[C@@H](c2cccs2)N1Cc1cccnc1. The lowest BCUT2D eigenvalue weighted by atomic mass is 10.0. The molecule has 4 nitrogen and oxygen atoms in total. The van der Waals surface area contributed by atoms with E-state index in [4.69, 9.17) is 12.2 Å². The lowest BCUT2D eigenvalue weighted by molar-refractivity contribution is 0.315. The van der Waals surface area contributed by atoms with Gasteiger partial charge in [0, 0.05) is 30.0 Å². The first-order chi connectivity index (χ1) is 11.8. The summed E-state index contributed by atoms with van der Waals surface area (Å²) in [6, 6.07) is 14.5. The Bertz CT molecular complexity index is 806. The number of thiophene rings is 1. The first kappa shape index (κ1) is 15.2. The molecular weight excluding hydrogens is 336 g/mol. The van der Waals surface area contributed by atoms with Crippen LogP contribution in [0.3, 0.4) is 0 Å². The number of hydrogen-bond donors (Lipinski definition) is 1. The number of pyridine rings is 2. The molecule has 1 fully saturated rings. The van der Waals surface area contributed by atoms with Gasteiger partial charge in [-0.15, -0.1) is 11.3 Å². The van der Waals surface area contributed by atoms with Crippen LogP contribution in [-0.4, -0.2) is 20.0 Å². The minimum absolute atomic E-state index is 0.0500. The zero-order valence-corrected chi connectivity index (χ0v) is 14.5. The smallest absolute Gasteiger partial charge is 0.170 e. The second kappa shape index (κ2) is 6.67. The molecule has 0 amide bonds. The molecule has 1 N–H and O–H groups in total. The molecule has 4 heterocycles. The average Bonchev–Trinajstić information content (AvgIpc) is 3.25. The maximum atomic E-state index is 5.64. The van der Waals surface area contributed by atoms with Crippen LogP contribution in [0.4, 0.5) is 0 Å². The van der Waals surface area contributed by atoms with E-state index in [1.807, 2.05) is 30.6 Å². The molecule has 0 saturated carbocycles. The number of nitrogens with zero attached hydrogens (tertiary/aromatic N) is 3. The molecule has 1 aliphatic heterocycles. The highest BCUT2D eigenvalue weighted by Gasteiger charge is 2.40. The third-order valence-electron chi connectivity index (χ3n) is 4.11. The van der Waals surface area contributed by atoms with Crippen LogP contribution >= 0.6 is 23.6 Å². The second-order valence-corrected chi connectivity index (χ2v) is 7.00. The predicted molar refractivity (Wildman–Crippen MR) is 99.6 cm³/mol. The standard InChI is InChI=1S/C18H16N4S2/c23-18-21-16(14-6-1-2-9-20-14)17(15-7-4-10-24-15)22(18)12-13-5-3-8-19-11-13/h1-11,16-17H,12H2,(H,21,23)/t16-,17-/m1/s1. The number of hydrogen-bond acceptors (Lipinski definition) is 4. The van der Waals surface area contributed by atoms with Crippen LogP contribution in [-0.2, 0) is 6.54 Å². The fourth-order valence-corrected chi connectivity index (χ4v) is 4.21. The Morgan fingerprint density at radius 1 is 1.12 bits per heavy atom. The molecule has 0 radical (unpaired) electrons. The van der Waals surface area contributed by atoms with Crippen molar-refractivity contribution in [2.45, 2.75) is 18.6 Å². The van der Waals surface area contributed by atoms with Gasteiger partial charge in [-0.3, -0.25) is 9.97 Å². The summed E-state index contributed by atoms with van der Waals surface area (Å²) in [5.74, 6) is 0. The molecule has 0 unspecified atom stereocenters. The van der Waals surface area contributed by atoms with Crippen LogP contribution in [0.2, 0.25) is 0 Å². The summed E-state index contributed by atoms with van der Waals surface area (Å²) in [5.41, 5.74) is 2.15. The topological polar surface area (TPSA) is 41.1 Å². The lowest BCUT2D eigenvalue weighted by Gasteiger charge is -2.26. The van der Waals surface area contributed by atoms with Crippen molar-refractivity contribution in [2.75, 3.05) is 0 Å². The fraction of sp³-hybridized carbons (Fsp3) is 0.167. The maximum Gasteiger partial charge on any atom is 0.170 e. The van der Waals surface area contributed by atoms with Gasteiger partial charge in [0.05, 0.1) is 17.8 Å². The van der Waals surface area contributed by atoms with Crippen molar-refractivity contribution in [2.24, 2.45) is 0 Å². The monoisotopic (exact) mass is 352 g/mol. The van der Waals surface area contributed by atoms with E-state index in [-0.39, 0.29) is 12.1 Å². The first-order valence-corrected chi connectivity index (χ1v) is 9.02. The van der Waals surface area contributed by atoms with Gasteiger partial charge >= 0.3 is 0 Å². The Balaban J connectivity index is 1.71. The quantitative estimate of drug-likeness (QED) is 0.725. The van der Waals surface area contributed by atoms with Crippen LogP contribution in [0.5, 0.6) is 0 Å². The summed E-state index contributed by atoms with van der Waals surface area (Å²) in [6.07, 6.45) is 5.51. The Kier molecular flexibility index (Phi) is 4.23. The van der Waals surface area contributed by atoms with Crippen molar-refractivity contribution < 1.29 is 0 Å². The van der Waals surface area contributed by atoms with Crippen LogP contribution < -0.4 is 5.32 Å². The summed E-state index contributed by atoms with van der Waals surface area (Å²) in [6.45, 7) is 0.728. The summed E-state index contributed by atoms with van der Waals surface area (Å²) in [5, 5.41) is 6.32. The first-order valence-electron chi connectivity index (χ1n) is 7.73. The summed E-state index contributed by atoms with van der Waals surface area (Å²) >= 11 is 7.39. The van der Waals surface area contributed by atoms with Crippen molar-refractivity contribution in [1.82, 2.24) is 20.2 Å². The molecule has 24 heavy (non-hydrogen) atoms. The molecule has 120 valence electrons. The van der Waals surface area contributed by atoms with Gasteiger partial charge in [-0.25, -0.2) is 0 Å². The average molecular weight is 352 g/mol. The highest BCUT2D eigenvalue weighted by Crippen LogP contribution is 2.40. The summed E-state index contributed by atoms with van der Waals surface area (Å²) in [7, 11) is 0.